The fourth-order valence-electron chi connectivity index (χ4n) is 3.42. The number of thioether (sulfide) groups is 2. The average molecular weight is 484 g/mol. The third-order valence-corrected chi connectivity index (χ3v) is 8.54. The number of carbonyl (C=O) groups is 2. The molecule has 0 aliphatic carbocycles. The summed E-state index contributed by atoms with van der Waals surface area (Å²) in [5, 5.41) is 11.4. The molecule has 8 heteroatoms. The van der Waals surface area contributed by atoms with Crippen LogP contribution in [0.4, 0.5) is 5.69 Å². The smallest absolute Gasteiger partial charge is 0.224 e. The molecule has 0 spiro atoms. The van der Waals surface area contributed by atoms with Crippen LogP contribution in [-0.4, -0.2) is 27.6 Å². The number of amides is 1. The van der Waals surface area contributed by atoms with Crippen LogP contribution in [0, 0.1) is 0 Å². The Morgan fingerprint density at radius 1 is 1.06 bits per heavy atom. The molecule has 0 bridgehead atoms. The van der Waals surface area contributed by atoms with Crippen LogP contribution in [-0.2, 0) is 17.0 Å². The van der Waals surface area contributed by atoms with E-state index in [1.165, 1.54) is 34.2 Å². The summed E-state index contributed by atoms with van der Waals surface area (Å²) in [6, 6.07) is 14.3. The molecule has 0 unspecified atom stereocenters. The van der Waals surface area contributed by atoms with E-state index in [0.29, 0.717) is 23.7 Å². The zero-order valence-corrected chi connectivity index (χ0v) is 20.5. The molecule has 166 valence electrons. The first kappa shape index (κ1) is 23.0. The van der Waals surface area contributed by atoms with Gasteiger partial charge in [0.1, 0.15) is 0 Å². The van der Waals surface area contributed by atoms with Gasteiger partial charge in [-0.15, -0.1) is 10.2 Å². The summed E-state index contributed by atoms with van der Waals surface area (Å²) in [6.07, 6.45) is 2.13. The van der Waals surface area contributed by atoms with Crippen molar-refractivity contribution < 1.29 is 9.59 Å². The molecule has 0 fully saturated rings. The first-order valence-electron chi connectivity index (χ1n) is 10.6. The molecular weight excluding hydrogens is 458 g/mol. The predicted molar refractivity (Wildman–Crippen MR) is 133 cm³/mol. The summed E-state index contributed by atoms with van der Waals surface area (Å²) in [6.45, 7) is 4.39. The topological polar surface area (TPSA) is 72.0 Å². The molecule has 1 N–H and O–H groups in total. The molecular formula is C24H25N3O2S3. The van der Waals surface area contributed by atoms with Crippen LogP contribution < -0.4 is 5.32 Å². The number of aryl methyl sites for hydroxylation is 1. The number of fused-ring (bicyclic) bond motifs is 1. The molecule has 32 heavy (non-hydrogen) atoms. The summed E-state index contributed by atoms with van der Waals surface area (Å²) in [4.78, 5) is 24.4. The maximum Gasteiger partial charge on any atom is 0.224 e. The van der Waals surface area contributed by atoms with Gasteiger partial charge in [-0.25, -0.2) is 0 Å². The van der Waals surface area contributed by atoms with E-state index in [9.17, 15) is 9.59 Å². The minimum absolute atomic E-state index is 0.0379. The minimum Gasteiger partial charge on any atom is -0.326 e. The Morgan fingerprint density at radius 2 is 1.81 bits per heavy atom. The predicted octanol–water partition coefficient (Wildman–Crippen LogP) is 6.20. The zero-order chi connectivity index (χ0) is 22.5. The lowest BCUT2D eigenvalue weighted by Gasteiger charge is -2.08. The summed E-state index contributed by atoms with van der Waals surface area (Å²) >= 11 is 4.62. The lowest BCUT2D eigenvalue weighted by atomic mass is 10.0. The Kier molecular flexibility index (Phi) is 7.65. The van der Waals surface area contributed by atoms with Gasteiger partial charge in [-0.3, -0.25) is 9.59 Å². The molecule has 2 aromatic carbocycles. The van der Waals surface area contributed by atoms with E-state index in [1.54, 1.807) is 17.8 Å². The van der Waals surface area contributed by atoms with Crippen molar-refractivity contribution in [2.45, 2.75) is 53.5 Å². The molecule has 3 aromatic rings. The van der Waals surface area contributed by atoms with Crippen LogP contribution in [0.3, 0.4) is 0 Å². The van der Waals surface area contributed by atoms with Gasteiger partial charge in [0, 0.05) is 23.4 Å². The fourth-order valence-corrected chi connectivity index (χ4v) is 6.29. The Labute approximate surface area is 200 Å². The number of anilines is 1. The van der Waals surface area contributed by atoms with Gasteiger partial charge in [0.25, 0.3) is 0 Å². The Bertz CT molecular complexity index is 1110. The van der Waals surface area contributed by atoms with E-state index >= 15 is 0 Å². The van der Waals surface area contributed by atoms with Gasteiger partial charge in [0.2, 0.25) is 5.91 Å². The average Bonchev–Trinajstić information content (AvgIpc) is 3.16. The largest absolute Gasteiger partial charge is 0.326 e. The zero-order valence-electron chi connectivity index (χ0n) is 18.1. The fraction of sp³-hybridized carbons (Fsp3) is 0.333. The van der Waals surface area contributed by atoms with Crippen molar-refractivity contribution in [3.63, 3.8) is 0 Å². The highest BCUT2D eigenvalue weighted by Gasteiger charge is 2.16. The summed E-state index contributed by atoms with van der Waals surface area (Å²) in [5.74, 6) is 1.80. The molecule has 1 amide bonds. The quantitative estimate of drug-likeness (QED) is 0.304. The standard InChI is InChI=1S/C24H25N3O2S3/c1-15(2)17-8-6-16(7-9-17)13-30-23-26-27-24(32-23)31-14-21(28)19-10-11-20-18(12-19)4-3-5-22(29)25-20/h6-12,15H,3-5,13-14H2,1-2H3,(H,25,29). The van der Waals surface area contributed by atoms with Crippen LogP contribution in [0.2, 0.25) is 0 Å². The van der Waals surface area contributed by atoms with E-state index in [0.717, 1.165) is 38.5 Å². The van der Waals surface area contributed by atoms with Gasteiger partial charge in [0.05, 0.1) is 5.75 Å². The molecule has 2 heterocycles. The summed E-state index contributed by atoms with van der Waals surface area (Å²) in [7, 11) is 0. The molecule has 1 aliphatic rings. The number of hydrogen-bond acceptors (Lipinski definition) is 7. The number of hydrogen-bond donors (Lipinski definition) is 1. The van der Waals surface area contributed by atoms with E-state index in [4.69, 9.17) is 0 Å². The Balaban J connectivity index is 1.30. The van der Waals surface area contributed by atoms with E-state index in [1.807, 2.05) is 12.1 Å². The first-order chi connectivity index (χ1) is 15.5. The second-order valence-corrected chi connectivity index (χ2v) is 11.4. The second-order valence-electron chi connectivity index (χ2n) is 8.00. The number of aromatic nitrogens is 2. The van der Waals surface area contributed by atoms with Crippen LogP contribution in [0.5, 0.6) is 0 Å². The second kappa shape index (κ2) is 10.6. The number of nitrogens with one attached hydrogen (secondary N) is 1. The molecule has 0 radical (unpaired) electrons. The van der Waals surface area contributed by atoms with Gasteiger partial charge >= 0.3 is 0 Å². The van der Waals surface area contributed by atoms with Crippen molar-refractivity contribution in [2.24, 2.45) is 0 Å². The Hall–Kier alpha value is -2.16. The summed E-state index contributed by atoms with van der Waals surface area (Å²) < 4.78 is 1.71. The van der Waals surface area contributed by atoms with Crippen molar-refractivity contribution in [3.05, 3.63) is 64.7 Å². The Morgan fingerprint density at radius 3 is 2.56 bits per heavy atom. The molecule has 1 aromatic heterocycles. The van der Waals surface area contributed by atoms with Crippen LogP contribution in [0.15, 0.2) is 51.1 Å². The third-order valence-electron chi connectivity index (χ3n) is 5.27. The normalized spacial score (nSPS) is 13.5. The lowest BCUT2D eigenvalue weighted by molar-refractivity contribution is -0.116. The number of rotatable bonds is 8. The number of carbonyl (C=O) groups excluding carboxylic acids is 2. The molecule has 1 aliphatic heterocycles. The van der Waals surface area contributed by atoms with Crippen molar-refractivity contribution in [1.29, 1.82) is 0 Å². The van der Waals surface area contributed by atoms with Crippen LogP contribution >= 0.6 is 34.9 Å². The number of nitrogens with zero attached hydrogens (tertiary/aromatic N) is 2. The maximum absolute atomic E-state index is 12.7. The first-order valence-corrected chi connectivity index (χ1v) is 13.4. The van der Waals surface area contributed by atoms with Gasteiger partial charge in [0.15, 0.2) is 14.5 Å². The monoisotopic (exact) mass is 483 g/mol. The van der Waals surface area contributed by atoms with Crippen molar-refractivity contribution >= 4 is 52.2 Å². The molecule has 0 atom stereocenters. The van der Waals surface area contributed by atoms with Gasteiger partial charge < -0.3 is 5.32 Å². The highest BCUT2D eigenvalue weighted by Crippen LogP contribution is 2.32. The summed E-state index contributed by atoms with van der Waals surface area (Å²) in [5.41, 5.74) is 5.14. The van der Waals surface area contributed by atoms with Gasteiger partial charge in [-0.2, -0.15) is 0 Å². The number of ketones is 1. The number of benzene rings is 2. The van der Waals surface area contributed by atoms with E-state index in [2.05, 4.69) is 53.6 Å². The van der Waals surface area contributed by atoms with Crippen LogP contribution in [0.25, 0.3) is 0 Å². The maximum atomic E-state index is 12.7. The third kappa shape index (κ3) is 5.99. The van der Waals surface area contributed by atoms with Gasteiger partial charge in [-0.1, -0.05) is 73.0 Å². The highest BCUT2D eigenvalue weighted by molar-refractivity contribution is 8.03. The van der Waals surface area contributed by atoms with E-state index < -0.39 is 0 Å². The minimum atomic E-state index is 0.0379. The molecule has 0 saturated heterocycles. The molecule has 0 saturated carbocycles. The van der Waals surface area contributed by atoms with Crippen molar-refractivity contribution in [1.82, 2.24) is 10.2 Å². The SMILES string of the molecule is CC(C)c1ccc(CSc2nnc(SCC(=O)c3ccc4c(c3)CCCC(=O)N4)s2)cc1. The molecule has 5 nitrogen and oxygen atoms in total. The van der Waals surface area contributed by atoms with Crippen molar-refractivity contribution in [3.8, 4) is 0 Å². The molecule has 4 rings (SSSR count). The van der Waals surface area contributed by atoms with Crippen LogP contribution in [0.1, 0.15) is 59.7 Å². The van der Waals surface area contributed by atoms with E-state index in [-0.39, 0.29) is 11.7 Å². The number of Topliss-reactive ketones (excluding diaryl/α,β-unsaturated/α-hetero) is 1. The lowest BCUT2D eigenvalue weighted by Crippen LogP contribution is -2.10. The highest BCUT2D eigenvalue weighted by atomic mass is 32.2. The van der Waals surface area contributed by atoms with Gasteiger partial charge in [-0.05, 0) is 53.6 Å². The van der Waals surface area contributed by atoms with Crippen molar-refractivity contribution in [2.75, 3.05) is 11.1 Å².